The Morgan fingerprint density at radius 2 is 1.57 bits per heavy atom. The minimum Gasteiger partial charge on any atom is -0.321 e. The minimum atomic E-state index is -0.717. The number of hydrogen-bond acceptors (Lipinski definition) is 6. The maximum absolute atomic E-state index is 10.5. The summed E-state index contributed by atoms with van der Waals surface area (Å²) in [5, 5.41) is 20.9. The van der Waals surface area contributed by atoms with Crippen molar-refractivity contribution in [1.29, 1.82) is 0 Å². The molecule has 0 bridgehead atoms. The number of thiol groups is 1. The van der Waals surface area contributed by atoms with E-state index in [0.717, 1.165) is 12.1 Å². The molecule has 7 nitrogen and oxygen atoms in total. The quantitative estimate of drug-likeness (QED) is 0.454. The lowest BCUT2D eigenvalue weighted by Gasteiger charge is -2.01. The van der Waals surface area contributed by atoms with E-state index in [4.69, 9.17) is 0 Å². The number of nitro groups is 2. The average molecular weight is 215 g/mol. The Morgan fingerprint density at radius 3 is 1.86 bits per heavy atom. The van der Waals surface area contributed by atoms with Crippen LogP contribution in [0.25, 0.3) is 0 Å². The van der Waals surface area contributed by atoms with Gasteiger partial charge in [0.1, 0.15) is 0 Å². The summed E-state index contributed by atoms with van der Waals surface area (Å²) in [4.78, 5) is 19.5. The number of rotatable bonds is 3. The summed E-state index contributed by atoms with van der Waals surface area (Å²) in [6.45, 7) is 0. The van der Waals surface area contributed by atoms with Crippen molar-refractivity contribution in [3.63, 3.8) is 0 Å². The Labute approximate surface area is 83.6 Å². The Morgan fingerprint density at radius 1 is 1.14 bits per heavy atom. The molecule has 8 heteroatoms. The zero-order chi connectivity index (χ0) is 10.7. The van der Waals surface area contributed by atoms with Crippen molar-refractivity contribution in [2.75, 3.05) is 4.72 Å². The molecule has 0 fully saturated rings. The lowest BCUT2D eigenvalue weighted by molar-refractivity contribution is -0.392. The van der Waals surface area contributed by atoms with Crippen molar-refractivity contribution < 1.29 is 9.85 Å². The Kier molecular flexibility index (Phi) is 2.87. The van der Waals surface area contributed by atoms with Crippen LogP contribution < -0.4 is 4.72 Å². The largest absolute Gasteiger partial charge is 0.321 e. The van der Waals surface area contributed by atoms with Crippen molar-refractivity contribution in [2.45, 2.75) is 0 Å². The highest BCUT2D eigenvalue weighted by atomic mass is 32.1. The zero-order valence-corrected chi connectivity index (χ0v) is 7.60. The first-order valence-electron chi connectivity index (χ1n) is 3.40. The van der Waals surface area contributed by atoms with Crippen molar-refractivity contribution in [3.8, 4) is 0 Å². The SMILES string of the molecule is O=[N+]([O-])c1cccc([N+](=O)[O-])c1NS. The molecule has 14 heavy (non-hydrogen) atoms. The highest BCUT2D eigenvalue weighted by molar-refractivity contribution is 7.81. The second kappa shape index (κ2) is 3.92. The molecular formula is C6H5N3O4S. The number of nitrogens with zero attached hydrogens (tertiary/aromatic N) is 2. The van der Waals surface area contributed by atoms with E-state index in [1.807, 2.05) is 0 Å². The summed E-state index contributed by atoms with van der Waals surface area (Å²) >= 11 is 3.58. The number of nitro benzene ring substituents is 2. The number of benzene rings is 1. The van der Waals surface area contributed by atoms with Gasteiger partial charge in [0.2, 0.25) is 5.69 Å². The van der Waals surface area contributed by atoms with Crippen LogP contribution in [0.1, 0.15) is 0 Å². The van der Waals surface area contributed by atoms with Gasteiger partial charge in [-0.25, -0.2) is 0 Å². The van der Waals surface area contributed by atoms with E-state index in [2.05, 4.69) is 17.5 Å². The third kappa shape index (κ3) is 1.74. The predicted octanol–water partition coefficient (Wildman–Crippen LogP) is 1.76. The molecule has 1 aromatic carbocycles. The van der Waals surface area contributed by atoms with Crippen LogP contribution in [0.2, 0.25) is 0 Å². The van der Waals surface area contributed by atoms with E-state index in [9.17, 15) is 20.2 Å². The summed E-state index contributed by atoms with van der Waals surface area (Å²) in [5.41, 5.74) is -0.978. The molecular weight excluding hydrogens is 210 g/mol. The normalized spacial score (nSPS) is 9.50. The smallest absolute Gasteiger partial charge is 0.300 e. The first-order valence-corrected chi connectivity index (χ1v) is 3.84. The number of para-hydroxylation sites is 1. The van der Waals surface area contributed by atoms with Gasteiger partial charge in [-0.05, 0) is 6.07 Å². The molecule has 1 aromatic rings. The van der Waals surface area contributed by atoms with Crippen LogP contribution in [0.15, 0.2) is 18.2 Å². The Bertz CT molecular complexity index is 362. The van der Waals surface area contributed by atoms with E-state index in [1.54, 1.807) is 0 Å². The molecule has 0 unspecified atom stereocenters. The predicted molar refractivity (Wildman–Crippen MR) is 52.4 cm³/mol. The van der Waals surface area contributed by atoms with Crippen LogP contribution in [-0.4, -0.2) is 9.85 Å². The first-order chi connectivity index (χ1) is 6.57. The third-order valence-electron chi connectivity index (χ3n) is 1.53. The fraction of sp³-hybridized carbons (Fsp3) is 0. The summed E-state index contributed by atoms with van der Waals surface area (Å²) in [5.74, 6) is 0. The molecule has 1 N–H and O–H groups in total. The van der Waals surface area contributed by atoms with Crippen molar-refractivity contribution in [1.82, 2.24) is 0 Å². The van der Waals surface area contributed by atoms with Crippen molar-refractivity contribution >= 4 is 29.9 Å². The lowest BCUT2D eigenvalue weighted by Crippen LogP contribution is -1.98. The second-order valence-electron chi connectivity index (χ2n) is 2.30. The van der Waals surface area contributed by atoms with Gasteiger partial charge < -0.3 is 4.72 Å². The van der Waals surface area contributed by atoms with Crippen molar-refractivity contribution in [2.24, 2.45) is 0 Å². The van der Waals surface area contributed by atoms with Gasteiger partial charge in [0, 0.05) is 12.1 Å². The summed E-state index contributed by atoms with van der Waals surface area (Å²) in [7, 11) is 0. The van der Waals surface area contributed by atoms with Gasteiger partial charge in [-0.1, -0.05) is 12.8 Å². The Hall–Kier alpha value is -1.83. The molecule has 0 saturated heterocycles. The van der Waals surface area contributed by atoms with Gasteiger partial charge in [0.15, 0.2) is 0 Å². The molecule has 0 aliphatic heterocycles. The monoisotopic (exact) mass is 215 g/mol. The van der Waals surface area contributed by atoms with E-state index < -0.39 is 9.85 Å². The summed E-state index contributed by atoms with van der Waals surface area (Å²) in [6, 6.07) is 3.56. The number of hydrogen-bond donors (Lipinski definition) is 2. The molecule has 74 valence electrons. The first kappa shape index (κ1) is 10.3. The summed E-state index contributed by atoms with van der Waals surface area (Å²) < 4.78 is 2.14. The highest BCUT2D eigenvalue weighted by Gasteiger charge is 2.23. The van der Waals surface area contributed by atoms with E-state index >= 15 is 0 Å². The standard InChI is InChI=1S/C6H5N3O4S/c10-8(11)4-2-1-3-5(9(12)13)6(4)7-14/h1-3,7,14H. The number of nitrogens with one attached hydrogen (secondary N) is 1. The van der Waals surface area contributed by atoms with Crippen LogP contribution >= 0.6 is 12.8 Å². The van der Waals surface area contributed by atoms with Crippen LogP contribution in [0.4, 0.5) is 17.1 Å². The van der Waals surface area contributed by atoms with Crippen molar-refractivity contribution in [3.05, 3.63) is 38.4 Å². The third-order valence-corrected chi connectivity index (χ3v) is 1.75. The molecule has 0 aromatic heterocycles. The maximum Gasteiger partial charge on any atom is 0.300 e. The van der Waals surface area contributed by atoms with E-state index in [-0.39, 0.29) is 17.1 Å². The lowest BCUT2D eigenvalue weighted by atomic mass is 10.2. The zero-order valence-electron chi connectivity index (χ0n) is 6.71. The molecule has 0 saturated carbocycles. The molecule has 0 spiro atoms. The van der Waals surface area contributed by atoms with Gasteiger partial charge in [0.25, 0.3) is 11.4 Å². The molecule has 0 radical (unpaired) electrons. The van der Waals surface area contributed by atoms with Gasteiger partial charge in [-0.3, -0.25) is 20.2 Å². The van der Waals surface area contributed by atoms with E-state index in [0.29, 0.717) is 0 Å². The number of anilines is 1. The molecule has 0 atom stereocenters. The molecule has 0 aliphatic rings. The molecule has 0 heterocycles. The highest BCUT2D eigenvalue weighted by Crippen LogP contribution is 2.33. The van der Waals surface area contributed by atoms with Gasteiger partial charge in [-0.2, -0.15) is 0 Å². The van der Waals surface area contributed by atoms with Crippen LogP contribution in [-0.2, 0) is 0 Å². The molecule has 1 rings (SSSR count). The van der Waals surface area contributed by atoms with Crippen LogP contribution in [0, 0.1) is 20.2 Å². The van der Waals surface area contributed by atoms with Crippen LogP contribution in [0.3, 0.4) is 0 Å². The Balaban J connectivity index is 3.39. The minimum absolute atomic E-state index is 0.217. The van der Waals surface area contributed by atoms with Gasteiger partial charge >= 0.3 is 0 Å². The van der Waals surface area contributed by atoms with Gasteiger partial charge in [-0.15, -0.1) is 0 Å². The fourth-order valence-corrected chi connectivity index (χ4v) is 1.18. The second-order valence-corrected chi connectivity index (χ2v) is 2.52. The molecule has 0 aliphatic carbocycles. The fourth-order valence-electron chi connectivity index (χ4n) is 0.947. The van der Waals surface area contributed by atoms with Gasteiger partial charge in [0.05, 0.1) is 9.85 Å². The van der Waals surface area contributed by atoms with Crippen LogP contribution in [0.5, 0.6) is 0 Å². The van der Waals surface area contributed by atoms with E-state index in [1.165, 1.54) is 6.07 Å². The topological polar surface area (TPSA) is 98.3 Å². The molecule has 0 amide bonds. The average Bonchev–Trinajstić information content (AvgIpc) is 2.16. The summed E-state index contributed by atoms with van der Waals surface area (Å²) in [6.07, 6.45) is 0. The maximum atomic E-state index is 10.5.